The van der Waals surface area contributed by atoms with Crippen LogP contribution in [0.3, 0.4) is 0 Å². The lowest BCUT2D eigenvalue weighted by Gasteiger charge is -2.17. The lowest BCUT2D eigenvalue weighted by Crippen LogP contribution is -2.10. The number of aryl methyl sites for hydroxylation is 2. The number of benzene rings is 1. The van der Waals surface area contributed by atoms with Crippen LogP contribution in [0.15, 0.2) is 30.3 Å². The van der Waals surface area contributed by atoms with E-state index in [-0.39, 0.29) is 6.04 Å². The van der Waals surface area contributed by atoms with E-state index in [0.717, 1.165) is 5.82 Å². The van der Waals surface area contributed by atoms with Crippen molar-refractivity contribution in [2.45, 2.75) is 33.7 Å². The maximum atomic E-state index is 5.45. The molecule has 0 bridgehead atoms. The zero-order valence-electron chi connectivity index (χ0n) is 12.5. The van der Waals surface area contributed by atoms with E-state index in [1.807, 2.05) is 26.0 Å². The number of nitrogens with zero attached hydrogens (tertiary/aromatic N) is 2. The van der Waals surface area contributed by atoms with E-state index in [1.165, 1.54) is 11.1 Å². The van der Waals surface area contributed by atoms with Crippen molar-refractivity contribution < 1.29 is 4.74 Å². The maximum absolute atomic E-state index is 5.45. The van der Waals surface area contributed by atoms with Gasteiger partial charge in [-0.25, -0.2) is 4.98 Å². The number of hydrogen-bond donors (Lipinski definition) is 1. The van der Waals surface area contributed by atoms with Crippen LogP contribution in [0.1, 0.15) is 36.8 Å². The lowest BCUT2D eigenvalue weighted by atomic mass is 10.0. The second-order valence-electron chi connectivity index (χ2n) is 4.79. The third-order valence-electron chi connectivity index (χ3n) is 3.13. The number of anilines is 1. The first-order chi connectivity index (χ1) is 9.60. The molecule has 0 spiro atoms. The summed E-state index contributed by atoms with van der Waals surface area (Å²) in [7, 11) is 0. The van der Waals surface area contributed by atoms with Gasteiger partial charge in [-0.15, -0.1) is 0 Å². The van der Waals surface area contributed by atoms with E-state index in [1.54, 1.807) is 0 Å². The Morgan fingerprint density at radius 2 is 1.95 bits per heavy atom. The highest BCUT2D eigenvalue weighted by Gasteiger charge is 2.10. The molecule has 2 rings (SSSR count). The molecule has 0 aliphatic rings. The van der Waals surface area contributed by atoms with Crippen LogP contribution in [-0.2, 0) is 0 Å². The highest BCUT2D eigenvalue weighted by atomic mass is 16.5. The number of nitrogens with one attached hydrogen (secondary N) is 1. The monoisotopic (exact) mass is 271 g/mol. The molecule has 1 N–H and O–H groups in total. The highest BCUT2D eigenvalue weighted by Crippen LogP contribution is 2.22. The Morgan fingerprint density at radius 3 is 2.65 bits per heavy atom. The topological polar surface area (TPSA) is 47.0 Å². The van der Waals surface area contributed by atoms with Crippen LogP contribution >= 0.6 is 0 Å². The van der Waals surface area contributed by atoms with Gasteiger partial charge in [0.2, 0.25) is 5.88 Å². The van der Waals surface area contributed by atoms with Gasteiger partial charge >= 0.3 is 0 Å². The molecule has 2 aromatic rings. The van der Waals surface area contributed by atoms with Crippen LogP contribution < -0.4 is 10.1 Å². The maximum Gasteiger partial charge on any atom is 0.218 e. The molecule has 0 aliphatic carbocycles. The Bertz CT molecular complexity index is 584. The highest BCUT2D eigenvalue weighted by molar-refractivity contribution is 5.42. The minimum absolute atomic E-state index is 0.181. The van der Waals surface area contributed by atoms with Gasteiger partial charge in [-0.1, -0.05) is 24.3 Å². The second kappa shape index (κ2) is 6.37. The number of hydrogen-bond acceptors (Lipinski definition) is 4. The summed E-state index contributed by atoms with van der Waals surface area (Å²) in [5.41, 5.74) is 2.53. The lowest BCUT2D eigenvalue weighted by molar-refractivity contribution is 0.325. The van der Waals surface area contributed by atoms with Gasteiger partial charge < -0.3 is 10.1 Å². The SMILES string of the molecule is CCOc1cc(NC(C)c2ccccc2C)nc(C)n1. The molecule has 4 heteroatoms. The molecular weight excluding hydrogens is 250 g/mol. The first-order valence-electron chi connectivity index (χ1n) is 6.90. The standard InChI is InChI=1S/C16H21N3O/c1-5-20-16-10-15(18-13(4)19-16)17-12(3)14-9-7-6-8-11(14)2/h6-10,12H,5H2,1-4H3,(H,17,18,19). The van der Waals surface area contributed by atoms with E-state index in [0.29, 0.717) is 18.3 Å². The summed E-state index contributed by atoms with van der Waals surface area (Å²) in [5.74, 6) is 2.10. The van der Waals surface area contributed by atoms with Gasteiger partial charge in [0.15, 0.2) is 0 Å². The van der Waals surface area contributed by atoms with Crippen molar-refractivity contribution in [2.24, 2.45) is 0 Å². The van der Waals surface area contributed by atoms with E-state index in [4.69, 9.17) is 4.74 Å². The van der Waals surface area contributed by atoms with Crippen LogP contribution in [-0.4, -0.2) is 16.6 Å². The summed E-state index contributed by atoms with van der Waals surface area (Å²) >= 11 is 0. The predicted octanol–water partition coefficient (Wildman–Crippen LogP) is 3.67. The summed E-state index contributed by atoms with van der Waals surface area (Å²) in [6.07, 6.45) is 0. The summed E-state index contributed by atoms with van der Waals surface area (Å²) < 4.78 is 5.45. The van der Waals surface area contributed by atoms with Crippen molar-refractivity contribution in [2.75, 3.05) is 11.9 Å². The molecule has 0 radical (unpaired) electrons. The predicted molar refractivity (Wildman–Crippen MR) is 81.2 cm³/mol. The Balaban J connectivity index is 2.19. The van der Waals surface area contributed by atoms with Gasteiger partial charge in [-0.3, -0.25) is 0 Å². The molecular formula is C16H21N3O. The first kappa shape index (κ1) is 14.3. The zero-order chi connectivity index (χ0) is 14.5. The summed E-state index contributed by atoms with van der Waals surface area (Å²) in [4.78, 5) is 8.66. The molecule has 0 saturated heterocycles. The molecule has 1 unspecified atom stereocenters. The first-order valence-corrected chi connectivity index (χ1v) is 6.90. The van der Waals surface area contributed by atoms with Crippen LogP contribution in [0.25, 0.3) is 0 Å². The van der Waals surface area contributed by atoms with Gasteiger partial charge in [0.25, 0.3) is 0 Å². The normalized spacial score (nSPS) is 12.0. The average Bonchev–Trinajstić information content (AvgIpc) is 2.38. The number of rotatable bonds is 5. The third-order valence-corrected chi connectivity index (χ3v) is 3.13. The molecule has 0 saturated carbocycles. The van der Waals surface area contributed by atoms with E-state index >= 15 is 0 Å². The molecule has 20 heavy (non-hydrogen) atoms. The largest absolute Gasteiger partial charge is 0.478 e. The van der Waals surface area contributed by atoms with E-state index in [9.17, 15) is 0 Å². The minimum atomic E-state index is 0.181. The second-order valence-corrected chi connectivity index (χ2v) is 4.79. The molecule has 1 aromatic heterocycles. The van der Waals surface area contributed by atoms with Crippen molar-refractivity contribution in [3.8, 4) is 5.88 Å². The Hall–Kier alpha value is -2.10. The molecule has 0 fully saturated rings. The van der Waals surface area contributed by atoms with Gasteiger partial charge in [0.05, 0.1) is 12.6 Å². The van der Waals surface area contributed by atoms with Crippen molar-refractivity contribution in [3.63, 3.8) is 0 Å². The fourth-order valence-corrected chi connectivity index (χ4v) is 2.21. The van der Waals surface area contributed by atoms with Gasteiger partial charge in [0, 0.05) is 6.07 Å². The Kier molecular flexibility index (Phi) is 4.56. The van der Waals surface area contributed by atoms with Crippen molar-refractivity contribution >= 4 is 5.82 Å². The van der Waals surface area contributed by atoms with Crippen LogP contribution in [0.5, 0.6) is 5.88 Å². The number of aromatic nitrogens is 2. The van der Waals surface area contributed by atoms with Gasteiger partial charge in [-0.05, 0) is 38.8 Å². The Morgan fingerprint density at radius 1 is 1.20 bits per heavy atom. The van der Waals surface area contributed by atoms with Gasteiger partial charge in [-0.2, -0.15) is 4.98 Å². The molecule has 1 atom stereocenters. The molecule has 1 aromatic carbocycles. The average molecular weight is 271 g/mol. The van der Waals surface area contributed by atoms with E-state index < -0.39 is 0 Å². The third kappa shape index (κ3) is 3.47. The minimum Gasteiger partial charge on any atom is -0.478 e. The molecule has 1 heterocycles. The zero-order valence-corrected chi connectivity index (χ0v) is 12.5. The summed E-state index contributed by atoms with van der Waals surface area (Å²) in [6, 6.07) is 10.4. The van der Waals surface area contributed by atoms with Crippen LogP contribution in [0.4, 0.5) is 5.82 Å². The fourth-order valence-electron chi connectivity index (χ4n) is 2.21. The number of ether oxygens (including phenoxy) is 1. The molecule has 106 valence electrons. The molecule has 0 aliphatic heterocycles. The Labute approximate surface area is 120 Å². The van der Waals surface area contributed by atoms with Crippen molar-refractivity contribution in [1.82, 2.24) is 9.97 Å². The van der Waals surface area contributed by atoms with Crippen molar-refractivity contribution in [3.05, 3.63) is 47.3 Å². The summed E-state index contributed by atoms with van der Waals surface area (Å²) in [5, 5.41) is 3.41. The smallest absolute Gasteiger partial charge is 0.218 e. The molecule has 4 nitrogen and oxygen atoms in total. The quantitative estimate of drug-likeness (QED) is 0.901. The van der Waals surface area contributed by atoms with Crippen LogP contribution in [0, 0.1) is 13.8 Å². The van der Waals surface area contributed by atoms with E-state index in [2.05, 4.69) is 47.3 Å². The summed E-state index contributed by atoms with van der Waals surface area (Å²) in [6.45, 7) is 8.65. The van der Waals surface area contributed by atoms with Gasteiger partial charge in [0.1, 0.15) is 11.6 Å². The molecule has 0 amide bonds. The van der Waals surface area contributed by atoms with Crippen molar-refractivity contribution in [1.29, 1.82) is 0 Å². The van der Waals surface area contributed by atoms with Crippen LogP contribution in [0.2, 0.25) is 0 Å². The fraction of sp³-hybridized carbons (Fsp3) is 0.375.